The molecule has 0 bridgehead atoms. The second-order valence-corrected chi connectivity index (χ2v) is 8.99. The predicted molar refractivity (Wildman–Crippen MR) is 128 cm³/mol. The lowest BCUT2D eigenvalue weighted by Crippen LogP contribution is -2.26. The lowest BCUT2D eigenvalue weighted by atomic mass is 10.00. The summed E-state index contributed by atoms with van der Waals surface area (Å²) in [5.41, 5.74) is 10.9. The summed E-state index contributed by atoms with van der Waals surface area (Å²) in [6, 6.07) is 16.4. The highest BCUT2D eigenvalue weighted by Gasteiger charge is 2.16. The summed E-state index contributed by atoms with van der Waals surface area (Å²) in [6.45, 7) is 6.46. The van der Waals surface area contributed by atoms with Gasteiger partial charge in [-0.25, -0.2) is 0 Å². The van der Waals surface area contributed by atoms with Crippen LogP contribution in [0.15, 0.2) is 48.5 Å². The minimum absolute atomic E-state index is 0.173. The number of thiophene rings is 1. The van der Waals surface area contributed by atoms with E-state index in [1.165, 1.54) is 10.4 Å². The molecule has 3 rings (SSSR count). The fraction of sp³-hybridized carbons (Fsp3) is 0.346. The first-order chi connectivity index (χ1) is 14.9. The zero-order chi connectivity index (χ0) is 22.4. The molecule has 4 nitrogen and oxygen atoms in total. The van der Waals surface area contributed by atoms with Gasteiger partial charge >= 0.3 is 0 Å². The molecular weight excluding hydrogens is 406 g/mol. The minimum Gasteiger partial charge on any atom is -0.490 e. The summed E-state index contributed by atoms with van der Waals surface area (Å²) < 4.78 is 5.75. The fourth-order valence-electron chi connectivity index (χ4n) is 3.73. The maximum Gasteiger partial charge on any atom is 0.173 e. The van der Waals surface area contributed by atoms with Crippen LogP contribution in [0.5, 0.6) is 5.75 Å². The molecule has 0 aliphatic rings. The fourth-order valence-corrected chi connectivity index (χ4v) is 4.82. The third kappa shape index (κ3) is 5.82. The van der Waals surface area contributed by atoms with Crippen molar-refractivity contribution in [3.63, 3.8) is 0 Å². The van der Waals surface area contributed by atoms with Crippen molar-refractivity contribution in [2.75, 3.05) is 13.2 Å². The molecule has 1 heterocycles. The first kappa shape index (κ1) is 23.2. The molecule has 2 aromatic carbocycles. The molecule has 3 N–H and O–H groups in total. The number of carbonyl (C=O) groups excluding carboxylic acids is 1. The van der Waals surface area contributed by atoms with E-state index in [1.807, 2.05) is 32.0 Å². The van der Waals surface area contributed by atoms with Crippen LogP contribution in [-0.4, -0.2) is 30.1 Å². The first-order valence-corrected chi connectivity index (χ1v) is 11.6. The average Bonchev–Trinajstić information content (AvgIpc) is 3.22. The Balaban J connectivity index is 1.69. The molecule has 0 saturated carbocycles. The number of ether oxygens (including phenoxy) is 1. The van der Waals surface area contributed by atoms with Crippen LogP contribution in [0.1, 0.15) is 44.6 Å². The van der Waals surface area contributed by atoms with Crippen molar-refractivity contribution in [1.82, 2.24) is 0 Å². The zero-order valence-electron chi connectivity index (χ0n) is 18.5. The van der Waals surface area contributed by atoms with E-state index < -0.39 is 6.10 Å². The molecule has 0 fully saturated rings. The highest BCUT2D eigenvalue weighted by molar-refractivity contribution is 7.14. The molecule has 31 heavy (non-hydrogen) atoms. The Kier molecular flexibility index (Phi) is 8.02. The molecule has 0 saturated heterocycles. The van der Waals surface area contributed by atoms with Crippen molar-refractivity contribution < 1.29 is 14.6 Å². The number of hydrogen-bond acceptors (Lipinski definition) is 5. The number of benzene rings is 2. The summed E-state index contributed by atoms with van der Waals surface area (Å²) in [4.78, 5) is 15.0. The number of Topliss-reactive ketones (excluding diaryl/α,β-unsaturated/α-hetero) is 1. The highest BCUT2D eigenvalue weighted by atomic mass is 32.1. The number of nitrogens with two attached hydrogens (primary N) is 1. The quantitative estimate of drug-likeness (QED) is 0.433. The molecule has 1 aromatic heterocycles. The maximum absolute atomic E-state index is 12.9. The van der Waals surface area contributed by atoms with Gasteiger partial charge in [-0.1, -0.05) is 49.4 Å². The number of aliphatic hydroxyl groups is 1. The SMILES string of the molecule is CCc1sc(C(=O)CCc2cc(C)c(OCC(O)CN)c(C)c2)cc1-c1ccccc1. The van der Waals surface area contributed by atoms with Gasteiger partial charge in [-0.15, -0.1) is 11.3 Å². The molecule has 0 amide bonds. The van der Waals surface area contributed by atoms with Gasteiger partial charge in [0.25, 0.3) is 0 Å². The van der Waals surface area contributed by atoms with Gasteiger partial charge < -0.3 is 15.6 Å². The summed E-state index contributed by atoms with van der Waals surface area (Å²) in [5.74, 6) is 0.963. The minimum atomic E-state index is -0.671. The molecule has 0 aliphatic heterocycles. The summed E-state index contributed by atoms with van der Waals surface area (Å²) in [7, 11) is 0. The third-order valence-electron chi connectivity index (χ3n) is 5.34. The topological polar surface area (TPSA) is 72.5 Å². The van der Waals surface area contributed by atoms with Crippen LogP contribution in [0.2, 0.25) is 0 Å². The average molecular weight is 438 g/mol. The van der Waals surface area contributed by atoms with E-state index in [0.29, 0.717) is 12.8 Å². The van der Waals surface area contributed by atoms with Crippen LogP contribution in [0, 0.1) is 13.8 Å². The molecule has 3 aromatic rings. The Labute approximate surface area is 188 Å². The van der Waals surface area contributed by atoms with Gasteiger partial charge in [-0.2, -0.15) is 0 Å². The Hall–Kier alpha value is -2.47. The molecule has 0 aliphatic carbocycles. The van der Waals surface area contributed by atoms with Crippen molar-refractivity contribution >= 4 is 17.1 Å². The standard InChI is InChI=1S/C26H31NO3S/c1-4-24-22(20-8-6-5-7-9-20)14-25(31-24)23(29)11-10-19-12-17(2)26(18(3)13-19)30-16-21(28)15-27/h5-9,12-14,21,28H,4,10-11,15-16,27H2,1-3H3. The van der Waals surface area contributed by atoms with Gasteiger partial charge in [0.15, 0.2) is 5.78 Å². The van der Waals surface area contributed by atoms with Crippen LogP contribution < -0.4 is 10.5 Å². The van der Waals surface area contributed by atoms with Gasteiger partial charge in [-0.05, 0) is 60.6 Å². The summed E-state index contributed by atoms with van der Waals surface area (Å²) in [5, 5.41) is 9.63. The number of carbonyl (C=O) groups is 1. The molecule has 1 atom stereocenters. The Bertz CT molecular complexity index is 1000. The molecule has 164 valence electrons. The number of aryl methyl sites for hydroxylation is 4. The number of aliphatic hydroxyl groups excluding tert-OH is 1. The van der Waals surface area contributed by atoms with Gasteiger partial charge in [0.1, 0.15) is 18.5 Å². The normalized spacial score (nSPS) is 12.0. The van der Waals surface area contributed by atoms with E-state index >= 15 is 0 Å². The van der Waals surface area contributed by atoms with Crippen LogP contribution in [-0.2, 0) is 12.8 Å². The van der Waals surface area contributed by atoms with E-state index in [9.17, 15) is 9.90 Å². The summed E-state index contributed by atoms with van der Waals surface area (Å²) in [6.07, 6.45) is 1.41. The number of rotatable bonds is 10. The number of hydrogen-bond donors (Lipinski definition) is 2. The Morgan fingerprint density at radius 2 is 1.81 bits per heavy atom. The Morgan fingerprint density at radius 3 is 2.42 bits per heavy atom. The van der Waals surface area contributed by atoms with E-state index in [4.69, 9.17) is 10.5 Å². The van der Waals surface area contributed by atoms with Crippen LogP contribution in [0.3, 0.4) is 0 Å². The van der Waals surface area contributed by atoms with Crippen molar-refractivity contribution in [3.8, 4) is 16.9 Å². The maximum atomic E-state index is 12.9. The zero-order valence-corrected chi connectivity index (χ0v) is 19.3. The van der Waals surface area contributed by atoms with Gasteiger partial charge in [-0.3, -0.25) is 4.79 Å². The van der Waals surface area contributed by atoms with E-state index in [0.717, 1.165) is 39.3 Å². The second-order valence-electron chi connectivity index (χ2n) is 7.85. The van der Waals surface area contributed by atoms with E-state index in [2.05, 4.69) is 37.3 Å². The van der Waals surface area contributed by atoms with Crippen molar-refractivity contribution in [2.45, 2.75) is 46.1 Å². The van der Waals surface area contributed by atoms with Gasteiger partial charge in [0.05, 0.1) is 4.88 Å². The van der Waals surface area contributed by atoms with Crippen LogP contribution in [0.25, 0.3) is 11.1 Å². The third-order valence-corrected chi connectivity index (χ3v) is 6.66. The smallest absolute Gasteiger partial charge is 0.173 e. The second kappa shape index (κ2) is 10.7. The number of ketones is 1. The van der Waals surface area contributed by atoms with Crippen molar-refractivity contribution in [1.29, 1.82) is 0 Å². The van der Waals surface area contributed by atoms with Crippen molar-refractivity contribution in [2.24, 2.45) is 5.73 Å². The monoisotopic (exact) mass is 437 g/mol. The molecule has 1 unspecified atom stereocenters. The van der Waals surface area contributed by atoms with Gasteiger partial charge in [0.2, 0.25) is 0 Å². The largest absolute Gasteiger partial charge is 0.490 e. The first-order valence-electron chi connectivity index (χ1n) is 10.7. The highest BCUT2D eigenvalue weighted by Crippen LogP contribution is 2.33. The van der Waals surface area contributed by atoms with Gasteiger partial charge in [0, 0.05) is 17.8 Å². The lowest BCUT2D eigenvalue weighted by molar-refractivity contribution is 0.0986. The van der Waals surface area contributed by atoms with Crippen LogP contribution in [0.4, 0.5) is 0 Å². The molecule has 0 spiro atoms. The van der Waals surface area contributed by atoms with E-state index in [1.54, 1.807) is 11.3 Å². The molecular formula is C26H31NO3S. The predicted octanol–water partition coefficient (Wildman–Crippen LogP) is 5.11. The molecule has 0 radical (unpaired) electrons. The Morgan fingerprint density at radius 1 is 1.13 bits per heavy atom. The molecule has 5 heteroatoms. The summed E-state index contributed by atoms with van der Waals surface area (Å²) >= 11 is 1.61. The van der Waals surface area contributed by atoms with E-state index in [-0.39, 0.29) is 18.9 Å². The van der Waals surface area contributed by atoms with Crippen LogP contribution >= 0.6 is 11.3 Å². The van der Waals surface area contributed by atoms with Crippen molar-refractivity contribution in [3.05, 3.63) is 75.0 Å². The lowest BCUT2D eigenvalue weighted by Gasteiger charge is -2.16.